The number of likely N-dealkylation sites (tertiary alicyclic amines) is 1. The number of nitrogens with zero attached hydrogens (tertiary/aromatic N) is 1. The van der Waals surface area contributed by atoms with Gasteiger partial charge >= 0.3 is 0 Å². The van der Waals surface area contributed by atoms with E-state index in [-0.39, 0.29) is 0 Å². The average Bonchev–Trinajstić information content (AvgIpc) is 3.00. The molecule has 0 aromatic heterocycles. The molecule has 1 heteroatoms. The van der Waals surface area contributed by atoms with Crippen molar-refractivity contribution in [2.75, 3.05) is 19.6 Å². The van der Waals surface area contributed by atoms with Gasteiger partial charge in [0.1, 0.15) is 0 Å². The molecule has 0 saturated carbocycles. The van der Waals surface area contributed by atoms with Crippen LogP contribution in [-0.2, 0) is 0 Å². The van der Waals surface area contributed by atoms with Crippen molar-refractivity contribution in [3.05, 3.63) is 0 Å². The van der Waals surface area contributed by atoms with Gasteiger partial charge in [-0.15, -0.1) is 0 Å². The Hall–Kier alpha value is -0.0400. The first-order chi connectivity index (χ1) is 11.8. The van der Waals surface area contributed by atoms with Gasteiger partial charge in [-0.05, 0) is 31.8 Å². The Morgan fingerprint density at radius 1 is 0.625 bits per heavy atom. The summed E-state index contributed by atoms with van der Waals surface area (Å²) in [6.45, 7) is 8.78. The van der Waals surface area contributed by atoms with Crippen molar-refractivity contribution in [3.8, 4) is 0 Å². The smallest absolute Gasteiger partial charge is 0.000750 e. The molecule has 1 nitrogen and oxygen atoms in total. The fourth-order valence-electron chi connectivity index (χ4n) is 4.11. The molecule has 1 saturated heterocycles. The summed E-state index contributed by atoms with van der Waals surface area (Å²) in [5, 5.41) is 0. The molecule has 0 spiro atoms. The molecule has 0 aliphatic carbocycles. The Bertz CT molecular complexity index is 250. The van der Waals surface area contributed by atoms with Crippen LogP contribution in [0.4, 0.5) is 0 Å². The zero-order chi connectivity index (χ0) is 17.3. The highest BCUT2D eigenvalue weighted by molar-refractivity contribution is 4.71. The van der Waals surface area contributed by atoms with Crippen LogP contribution < -0.4 is 0 Å². The van der Waals surface area contributed by atoms with E-state index in [4.69, 9.17) is 0 Å². The Balaban J connectivity index is 1.66. The fraction of sp³-hybridized carbons (Fsp3) is 1.00. The summed E-state index contributed by atoms with van der Waals surface area (Å²) in [6, 6.07) is 0. The second-order valence-electron chi connectivity index (χ2n) is 8.50. The highest BCUT2D eigenvalue weighted by Crippen LogP contribution is 2.17. The van der Waals surface area contributed by atoms with Crippen molar-refractivity contribution < 1.29 is 0 Å². The lowest BCUT2D eigenvalue weighted by Gasteiger charge is -2.14. The van der Waals surface area contributed by atoms with Crippen LogP contribution in [0.1, 0.15) is 123 Å². The van der Waals surface area contributed by atoms with Crippen molar-refractivity contribution in [1.82, 2.24) is 4.90 Å². The van der Waals surface area contributed by atoms with Crippen LogP contribution in [0.25, 0.3) is 0 Å². The normalized spacial score (nSPS) is 18.5. The van der Waals surface area contributed by atoms with Crippen LogP contribution in [0.15, 0.2) is 0 Å². The molecule has 24 heavy (non-hydrogen) atoms. The van der Waals surface area contributed by atoms with Crippen LogP contribution in [0.2, 0.25) is 0 Å². The van der Waals surface area contributed by atoms with Crippen molar-refractivity contribution >= 4 is 0 Å². The van der Waals surface area contributed by atoms with Gasteiger partial charge in [-0.25, -0.2) is 0 Å². The van der Waals surface area contributed by atoms with Gasteiger partial charge in [0, 0.05) is 6.54 Å². The Kier molecular flexibility index (Phi) is 15.1. The van der Waals surface area contributed by atoms with Crippen LogP contribution >= 0.6 is 0 Å². The van der Waals surface area contributed by atoms with E-state index in [1.165, 1.54) is 129 Å². The number of hydrogen-bond donors (Lipinski definition) is 0. The van der Waals surface area contributed by atoms with Crippen molar-refractivity contribution in [2.24, 2.45) is 5.92 Å². The number of rotatable bonds is 17. The van der Waals surface area contributed by atoms with Gasteiger partial charge in [-0.1, -0.05) is 110 Å². The zero-order valence-corrected chi connectivity index (χ0v) is 17.2. The van der Waals surface area contributed by atoms with E-state index in [1.54, 1.807) is 0 Å². The van der Waals surface area contributed by atoms with Crippen molar-refractivity contribution in [3.63, 3.8) is 0 Å². The third-order valence-electron chi connectivity index (χ3n) is 5.84. The highest BCUT2D eigenvalue weighted by Gasteiger charge is 2.17. The minimum atomic E-state index is 0.950. The van der Waals surface area contributed by atoms with E-state index in [0.29, 0.717) is 0 Å². The molecule has 0 aromatic carbocycles. The average molecular weight is 338 g/mol. The predicted octanol–water partition coefficient (Wildman–Crippen LogP) is 7.59. The summed E-state index contributed by atoms with van der Waals surface area (Å²) in [5.74, 6) is 0.950. The first-order valence-corrected chi connectivity index (χ1v) is 11.5. The molecule has 0 aromatic rings. The van der Waals surface area contributed by atoms with Crippen molar-refractivity contribution in [2.45, 2.75) is 123 Å². The Morgan fingerprint density at radius 2 is 1.04 bits per heavy atom. The second-order valence-corrected chi connectivity index (χ2v) is 8.50. The molecule has 1 unspecified atom stereocenters. The lowest BCUT2D eigenvalue weighted by molar-refractivity contribution is 0.317. The Morgan fingerprint density at radius 3 is 1.42 bits per heavy atom. The van der Waals surface area contributed by atoms with Gasteiger partial charge in [0.2, 0.25) is 0 Å². The minimum absolute atomic E-state index is 0.950. The monoisotopic (exact) mass is 337 g/mol. The van der Waals surface area contributed by atoms with Gasteiger partial charge in [-0.3, -0.25) is 0 Å². The molecule has 144 valence electrons. The molecule has 1 fully saturated rings. The van der Waals surface area contributed by atoms with Gasteiger partial charge in [-0.2, -0.15) is 0 Å². The largest absolute Gasteiger partial charge is 0.303 e. The maximum absolute atomic E-state index is 2.68. The summed E-state index contributed by atoms with van der Waals surface area (Å²) in [6.07, 6.45) is 24.9. The lowest BCUT2D eigenvalue weighted by Crippen LogP contribution is -2.21. The van der Waals surface area contributed by atoms with Gasteiger partial charge in [0.15, 0.2) is 0 Å². The third-order valence-corrected chi connectivity index (χ3v) is 5.84. The predicted molar refractivity (Wildman–Crippen MR) is 110 cm³/mol. The summed E-state index contributed by atoms with van der Waals surface area (Å²) in [7, 11) is 0. The Labute approximate surface area is 154 Å². The van der Waals surface area contributed by atoms with Crippen molar-refractivity contribution in [1.29, 1.82) is 0 Å². The van der Waals surface area contributed by atoms with E-state index in [1.807, 2.05) is 0 Å². The summed E-state index contributed by atoms with van der Waals surface area (Å²) < 4.78 is 0. The molecular weight excluding hydrogens is 290 g/mol. The molecule has 0 N–H and O–H groups in total. The zero-order valence-electron chi connectivity index (χ0n) is 17.2. The number of unbranched alkanes of at least 4 members (excludes halogenated alkanes) is 15. The summed E-state index contributed by atoms with van der Waals surface area (Å²) in [4.78, 5) is 2.68. The van der Waals surface area contributed by atoms with E-state index < -0.39 is 0 Å². The van der Waals surface area contributed by atoms with E-state index in [2.05, 4.69) is 18.7 Å². The standard InChI is InChI=1S/C23H47N/c1-3-4-5-6-7-8-9-10-11-12-13-14-15-16-17-18-20-24-21-19-23(2)22-24/h23H,3-22H2,1-2H3. The van der Waals surface area contributed by atoms with Crippen LogP contribution in [0.3, 0.4) is 0 Å². The molecule has 1 aliphatic heterocycles. The summed E-state index contributed by atoms with van der Waals surface area (Å²) in [5.41, 5.74) is 0. The van der Waals surface area contributed by atoms with Gasteiger partial charge in [0.25, 0.3) is 0 Å². The molecule has 1 aliphatic rings. The minimum Gasteiger partial charge on any atom is -0.303 e. The lowest BCUT2D eigenvalue weighted by atomic mass is 10.0. The van der Waals surface area contributed by atoms with Crippen LogP contribution in [-0.4, -0.2) is 24.5 Å². The first kappa shape index (κ1) is 22.0. The van der Waals surface area contributed by atoms with E-state index in [9.17, 15) is 0 Å². The van der Waals surface area contributed by atoms with E-state index in [0.717, 1.165) is 5.92 Å². The van der Waals surface area contributed by atoms with Crippen LogP contribution in [0, 0.1) is 5.92 Å². The van der Waals surface area contributed by atoms with Gasteiger partial charge < -0.3 is 4.90 Å². The van der Waals surface area contributed by atoms with E-state index >= 15 is 0 Å². The molecule has 0 amide bonds. The molecule has 1 heterocycles. The molecular formula is C23H47N. The molecule has 0 radical (unpaired) electrons. The SMILES string of the molecule is CCCCCCCCCCCCCCCCCCN1CCC(C)C1. The molecule has 0 bridgehead atoms. The maximum Gasteiger partial charge on any atom is 0.000750 e. The highest BCUT2D eigenvalue weighted by atomic mass is 15.1. The molecule has 1 rings (SSSR count). The van der Waals surface area contributed by atoms with Gasteiger partial charge in [0.05, 0.1) is 0 Å². The molecule has 1 atom stereocenters. The maximum atomic E-state index is 2.68. The number of hydrogen-bond acceptors (Lipinski definition) is 1. The third kappa shape index (κ3) is 13.3. The summed E-state index contributed by atoms with van der Waals surface area (Å²) >= 11 is 0. The second kappa shape index (κ2) is 16.4. The fourth-order valence-corrected chi connectivity index (χ4v) is 4.11. The first-order valence-electron chi connectivity index (χ1n) is 11.5. The topological polar surface area (TPSA) is 3.24 Å². The van der Waals surface area contributed by atoms with Crippen LogP contribution in [0.5, 0.6) is 0 Å². The quantitative estimate of drug-likeness (QED) is 0.247.